The fraction of sp³-hybridized carbons (Fsp3) is 0.389. The molecular formula is C18H22N2O3. The molecule has 0 aliphatic carbocycles. The highest BCUT2D eigenvalue weighted by Crippen LogP contribution is 2.24. The summed E-state index contributed by atoms with van der Waals surface area (Å²) in [5, 5.41) is 22.3. The summed E-state index contributed by atoms with van der Waals surface area (Å²) in [7, 11) is 0. The summed E-state index contributed by atoms with van der Waals surface area (Å²) in [6, 6.07) is 13.2. The maximum Gasteiger partial charge on any atom is 0.174 e. The Hall–Kier alpha value is -2.29. The molecule has 5 nitrogen and oxygen atoms in total. The molecule has 0 saturated heterocycles. The van der Waals surface area contributed by atoms with E-state index >= 15 is 0 Å². The number of rotatable bonds is 7. The van der Waals surface area contributed by atoms with Crippen LogP contribution >= 0.6 is 0 Å². The van der Waals surface area contributed by atoms with Crippen LogP contribution in [0.25, 0.3) is 0 Å². The molecule has 0 bridgehead atoms. The number of hydrogen-bond acceptors (Lipinski definition) is 5. The third kappa shape index (κ3) is 4.59. The summed E-state index contributed by atoms with van der Waals surface area (Å²) in [6.07, 6.45) is 0. The smallest absolute Gasteiger partial charge is 0.174 e. The average molecular weight is 314 g/mol. The van der Waals surface area contributed by atoms with E-state index in [1.807, 2.05) is 50.2 Å². The lowest BCUT2D eigenvalue weighted by molar-refractivity contribution is 0.0313. The van der Waals surface area contributed by atoms with Crippen molar-refractivity contribution >= 4 is 0 Å². The van der Waals surface area contributed by atoms with E-state index in [2.05, 4.69) is 5.32 Å². The second-order valence-corrected chi connectivity index (χ2v) is 5.80. The Morgan fingerprint density at radius 3 is 2.57 bits per heavy atom. The fourth-order valence-corrected chi connectivity index (χ4v) is 2.25. The molecule has 2 aromatic rings. The van der Waals surface area contributed by atoms with E-state index in [-0.39, 0.29) is 12.6 Å². The molecular weight excluding hydrogens is 292 g/mol. The van der Waals surface area contributed by atoms with Gasteiger partial charge in [-0.05, 0) is 50.6 Å². The van der Waals surface area contributed by atoms with Crippen LogP contribution in [0.15, 0.2) is 40.8 Å². The van der Waals surface area contributed by atoms with Crippen LogP contribution < -0.4 is 10.1 Å². The van der Waals surface area contributed by atoms with Crippen LogP contribution in [0.2, 0.25) is 0 Å². The van der Waals surface area contributed by atoms with Crippen molar-refractivity contribution in [2.24, 2.45) is 0 Å². The van der Waals surface area contributed by atoms with Crippen LogP contribution in [0, 0.1) is 18.3 Å². The predicted molar refractivity (Wildman–Crippen MR) is 87.0 cm³/mol. The number of ether oxygens (including phenoxy) is 1. The monoisotopic (exact) mass is 314 g/mol. The van der Waals surface area contributed by atoms with E-state index in [1.54, 1.807) is 13.0 Å². The number of nitriles is 1. The van der Waals surface area contributed by atoms with Gasteiger partial charge < -0.3 is 19.6 Å². The lowest BCUT2D eigenvalue weighted by Gasteiger charge is -2.24. The summed E-state index contributed by atoms with van der Waals surface area (Å²) in [6.45, 7) is 6.01. The number of benzene rings is 1. The highest BCUT2D eigenvalue weighted by atomic mass is 16.5. The van der Waals surface area contributed by atoms with Crippen molar-refractivity contribution in [2.45, 2.75) is 32.4 Å². The van der Waals surface area contributed by atoms with Crippen molar-refractivity contribution in [3.05, 3.63) is 53.5 Å². The Balaban J connectivity index is 1.93. The van der Waals surface area contributed by atoms with E-state index in [0.717, 1.165) is 11.3 Å². The van der Waals surface area contributed by atoms with E-state index in [9.17, 15) is 5.11 Å². The van der Waals surface area contributed by atoms with Crippen LogP contribution in [0.5, 0.6) is 5.75 Å². The van der Waals surface area contributed by atoms with Gasteiger partial charge in [-0.3, -0.25) is 0 Å². The lowest BCUT2D eigenvalue weighted by atomic mass is 10.0. The van der Waals surface area contributed by atoms with E-state index in [1.165, 1.54) is 0 Å². The molecule has 2 rings (SSSR count). The topological polar surface area (TPSA) is 78.4 Å². The van der Waals surface area contributed by atoms with Crippen molar-refractivity contribution in [2.75, 3.05) is 13.2 Å². The molecule has 0 fully saturated rings. The molecule has 1 heterocycles. The fourth-order valence-electron chi connectivity index (χ4n) is 2.25. The molecule has 1 aromatic carbocycles. The number of nitrogens with one attached hydrogen (secondary N) is 1. The first kappa shape index (κ1) is 17.1. The van der Waals surface area contributed by atoms with Gasteiger partial charge in [-0.25, -0.2) is 0 Å². The number of nitrogens with zero attached hydrogens (tertiary/aromatic N) is 1. The Morgan fingerprint density at radius 1 is 1.30 bits per heavy atom. The van der Waals surface area contributed by atoms with Crippen molar-refractivity contribution in [3.63, 3.8) is 0 Å². The molecule has 1 aromatic heterocycles. The first-order chi connectivity index (χ1) is 10.9. The first-order valence-electron chi connectivity index (χ1n) is 7.55. The molecule has 2 atom stereocenters. The van der Waals surface area contributed by atoms with E-state index in [0.29, 0.717) is 18.1 Å². The predicted octanol–water partition coefficient (Wildman–Crippen LogP) is 3.05. The second kappa shape index (κ2) is 7.32. The van der Waals surface area contributed by atoms with Crippen LogP contribution in [0.1, 0.15) is 37.0 Å². The lowest BCUT2D eigenvalue weighted by Crippen LogP contribution is -2.36. The van der Waals surface area contributed by atoms with Crippen molar-refractivity contribution in [1.82, 2.24) is 5.32 Å². The van der Waals surface area contributed by atoms with Crippen molar-refractivity contribution < 1.29 is 14.3 Å². The number of furan rings is 1. The zero-order valence-corrected chi connectivity index (χ0v) is 13.7. The molecule has 0 aliphatic rings. The number of aryl methyl sites for hydroxylation is 1. The molecule has 23 heavy (non-hydrogen) atoms. The zero-order chi connectivity index (χ0) is 16.9. The summed E-state index contributed by atoms with van der Waals surface area (Å²) in [4.78, 5) is 0. The van der Waals surface area contributed by atoms with Gasteiger partial charge in [0.15, 0.2) is 6.61 Å². The van der Waals surface area contributed by atoms with Gasteiger partial charge >= 0.3 is 0 Å². The Bertz CT molecular complexity index is 668. The molecule has 0 amide bonds. The van der Waals surface area contributed by atoms with Crippen LogP contribution in [0.4, 0.5) is 0 Å². The SMILES string of the molecule is Cc1ccc(C(C)(O)CNC(C)c2ccc(OCC#N)cc2)o1. The maximum atomic E-state index is 10.5. The number of hydrogen-bond donors (Lipinski definition) is 2. The Kier molecular flexibility index (Phi) is 5.43. The van der Waals surface area contributed by atoms with Crippen molar-refractivity contribution in [1.29, 1.82) is 5.26 Å². The van der Waals surface area contributed by atoms with Gasteiger partial charge in [-0.15, -0.1) is 0 Å². The molecule has 2 N–H and O–H groups in total. The van der Waals surface area contributed by atoms with Gasteiger partial charge in [0.1, 0.15) is 28.9 Å². The van der Waals surface area contributed by atoms with E-state index < -0.39 is 5.60 Å². The average Bonchev–Trinajstić information content (AvgIpc) is 2.98. The quantitative estimate of drug-likeness (QED) is 0.821. The third-order valence-electron chi connectivity index (χ3n) is 3.71. The summed E-state index contributed by atoms with van der Waals surface area (Å²) in [5.74, 6) is 2.00. The summed E-state index contributed by atoms with van der Waals surface area (Å²) in [5.41, 5.74) is -0.000941. The van der Waals surface area contributed by atoms with Gasteiger partial charge in [0, 0.05) is 12.6 Å². The maximum absolute atomic E-state index is 10.5. The molecule has 0 spiro atoms. The van der Waals surface area contributed by atoms with Crippen LogP contribution in [0.3, 0.4) is 0 Å². The van der Waals surface area contributed by atoms with Gasteiger partial charge in [0.2, 0.25) is 0 Å². The standard InChI is InChI=1S/C18H22N2O3/c1-13-4-9-17(23-13)18(3,21)12-20-14(2)15-5-7-16(8-6-15)22-11-10-19/h4-9,14,20-21H,11-12H2,1-3H3. The molecule has 0 saturated carbocycles. The summed E-state index contributed by atoms with van der Waals surface area (Å²) < 4.78 is 10.7. The van der Waals surface area contributed by atoms with Gasteiger partial charge in [-0.1, -0.05) is 12.1 Å². The Labute approximate surface area is 136 Å². The van der Waals surface area contributed by atoms with Crippen LogP contribution in [-0.4, -0.2) is 18.3 Å². The highest BCUT2D eigenvalue weighted by molar-refractivity contribution is 5.29. The van der Waals surface area contributed by atoms with Gasteiger partial charge in [0.25, 0.3) is 0 Å². The van der Waals surface area contributed by atoms with Gasteiger partial charge in [0.05, 0.1) is 0 Å². The molecule has 5 heteroatoms. The second-order valence-electron chi connectivity index (χ2n) is 5.80. The molecule has 0 radical (unpaired) electrons. The minimum atomic E-state index is -1.07. The van der Waals surface area contributed by atoms with Crippen LogP contribution in [-0.2, 0) is 5.60 Å². The summed E-state index contributed by atoms with van der Waals surface area (Å²) >= 11 is 0. The molecule has 0 aliphatic heterocycles. The van der Waals surface area contributed by atoms with E-state index in [4.69, 9.17) is 14.4 Å². The Morgan fingerprint density at radius 2 is 2.00 bits per heavy atom. The minimum Gasteiger partial charge on any atom is -0.479 e. The minimum absolute atomic E-state index is 0.0403. The highest BCUT2D eigenvalue weighted by Gasteiger charge is 2.27. The molecule has 2 unspecified atom stereocenters. The molecule has 122 valence electrons. The first-order valence-corrected chi connectivity index (χ1v) is 7.55. The zero-order valence-electron chi connectivity index (χ0n) is 13.7. The van der Waals surface area contributed by atoms with Crippen molar-refractivity contribution in [3.8, 4) is 11.8 Å². The normalized spacial score (nSPS) is 14.7. The van der Waals surface area contributed by atoms with Gasteiger partial charge in [-0.2, -0.15) is 5.26 Å². The number of aliphatic hydroxyl groups is 1. The third-order valence-corrected chi connectivity index (χ3v) is 3.71. The largest absolute Gasteiger partial charge is 0.479 e.